The van der Waals surface area contributed by atoms with Gasteiger partial charge in [0.25, 0.3) is 0 Å². The maximum atomic E-state index is 8.91. The Labute approximate surface area is 159 Å². The number of pyridine rings is 1. The fourth-order valence-corrected chi connectivity index (χ4v) is 3.22. The van der Waals surface area contributed by atoms with E-state index < -0.39 is 7.12 Å². The largest absolute Gasteiger partial charge is 0.498 e. The topological polar surface area (TPSA) is 82.2 Å². The summed E-state index contributed by atoms with van der Waals surface area (Å²) in [5.74, 6) is 0.496. The van der Waals surface area contributed by atoms with Gasteiger partial charge in [-0.3, -0.25) is 4.68 Å². The van der Waals surface area contributed by atoms with Crippen molar-refractivity contribution in [3.63, 3.8) is 0 Å². The van der Waals surface area contributed by atoms with Gasteiger partial charge >= 0.3 is 7.12 Å². The van der Waals surface area contributed by atoms with Gasteiger partial charge in [0.2, 0.25) is 5.88 Å². The normalized spacial score (nSPS) is 25.7. The van der Waals surface area contributed by atoms with E-state index in [-0.39, 0.29) is 23.3 Å². The highest BCUT2D eigenvalue weighted by Gasteiger charge is 2.52. The van der Waals surface area contributed by atoms with Crippen molar-refractivity contribution in [3.05, 3.63) is 36.3 Å². The van der Waals surface area contributed by atoms with Gasteiger partial charge in [0.05, 0.1) is 17.2 Å². The predicted octanol–water partition coefficient (Wildman–Crippen LogP) is 2.23. The molecule has 0 unspecified atom stereocenters. The molecule has 2 aliphatic rings. The molecule has 0 N–H and O–H groups in total. The first-order valence-corrected chi connectivity index (χ1v) is 9.21. The molecule has 2 aromatic rings. The number of hydrogen-bond acceptors (Lipinski definition) is 6. The van der Waals surface area contributed by atoms with Crippen LogP contribution >= 0.6 is 0 Å². The minimum atomic E-state index is -0.395. The molecule has 0 radical (unpaired) electrons. The lowest BCUT2D eigenvalue weighted by Gasteiger charge is -2.35. The first-order chi connectivity index (χ1) is 12.8. The predicted molar refractivity (Wildman–Crippen MR) is 99.6 cm³/mol. The second kappa shape index (κ2) is 6.36. The van der Waals surface area contributed by atoms with Crippen LogP contribution in [0.2, 0.25) is 0 Å². The van der Waals surface area contributed by atoms with Crippen molar-refractivity contribution in [2.45, 2.75) is 63.9 Å². The van der Waals surface area contributed by atoms with E-state index in [9.17, 15) is 0 Å². The lowest BCUT2D eigenvalue weighted by molar-refractivity contribution is 0.00578. The minimum Gasteiger partial charge on any atom is -0.474 e. The zero-order valence-electron chi connectivity index (χ0n) is 16.0. The summed E-state index contributed by atoms with van der Waals surface area (Å²) in [4.78, 5) is 4.16. The summed E-state index contributed by atoms with van der Waals surface area (Å²) in [5, 5.41) is 13.4. The third-order valence-electron chi connectivity index (χ3n) is 5.72. The Morgan fingerprint density at radius 1 is 1.22 bits per heavy atom. The van der Waals surface area contributed by atoms with Gasteiger partial charge in [-0.05, 0) is 33.8 Å². The van der Waals surface area contributed by atoms with Crippen LogP contribution in [0.5, 0.6) is 5.88 Å². The average molecular weight is 366 g/mol. The van der Waals surface area contributed by atoms with Gasteiger partial charge in [0.15, 0.2) is 0 Å². The smallest absolute Gasteiger partial charge is 0.474 e. The Hall–Kier alpha value is -2.37. The number of nitriles is 1. The molecule has 1 aliphatic heterocycles. The summed E-state index contributed by atoms with van der Waals surface area (Å²) in [7, 11) is -0.395. The molecule has 0 atom stereocenters. The van der Waals surface area contributed by atoms with E-state index in [4.69, 9.17) is 19.3 Å². The summed E-state index contributed by atoms with van der Waals surface area (Å²) < 4.78 is 20.0. The molecule has 2 aromatic heterocycles. The molecule has 0 bridgehead atoms. The summed E-state index contributed by atoms with van der Waals surface area (Å²) in [5.41, 5.74) is 0.573. The average Bonchev–Trinajstić information content (AvgIpc) is 3.13. The Morgan fingerprint density at radius 2 is 1.93 bits per heavy atom. The maximum absolute atomic E-state index is 8.91. The van der Waals surface area contributed by atoms with Crippen molar-refractivity contribution >= 4 is 12.6 Å². The second-order valence-electron chi connectivity index (χ2n) is 8.18. The number of rotatable bonds is 4. The highest BCUT2D eigenvalue weighted by Crippen LogP contribution is 2.37. The molecule has 2 fully saturated rings. The standard InChI is InChI=1S/C19H23BN4O3/c1-18(2)19(3,4)27-20(26-18)13-11-22-24(12-13)15-8-16(9-15)25-17-7-5-6-14(10-21)23-17/h5-7,11-12,15-16H,8-9H2,1-4H3. The molecular weight excluding hydrogens is 343 g/mol. The summed E-state index contributed by atoms with van der Waals surface area (Å²) >= 11 is 0. The van der Waals surface area contributed by atoms with Crippen molar-refractivity contribution in [1.29, 1.82) is 5.26 Å². The van der Waals surface area contributed by atoms with E-state index in [1.807, 2.05) is 50.8 Å². The zero-order chi connectivity index (χ0) is 19.2. The van der Waals surface area contributed by atoms with Gasteiger partial charge in [0, 0.05) is 36.8 Å². The van der Waals surface area contributed by atoms with E-state index in [1.54, 1.807) is 18.2 Å². The monoisotopic (exact) mass is 366 g/mol. The lowest BCUT2D eigenvalue weighted by Crippen LogP contribution is -2.41. The molecule has 8 heteroatoms. The van der Waals surface area contributed by atoms with Crippen molar-refractivity contribution in [1.82, 2.24) is 14.8 Å². The first-order valence-electron chi connectivity index (χ1n) is 9.21. The van der Waals surface area contributed by atoms with Crippen molar-refractivity contribution < 1.29 is 14.0 Å². The van der Waals surface area contributed by atoms with Crippen LogP contribution in [0.25, 0.3) is 0 Å². The molecule has 1 saturated heterocycles. The number of hydrogen-bond donors (Lipinski definition) is 0. The van der Waals surface area contributed by atoms with Crippen molar-refractivity contribution in [3.8, 4) is 11.9 Å². The van der Waals surface area contributed by atoms with Gasteiger partial charge in [-0.2, -0.15) is 10.4 Å². The molecule has 3 heterocycles. The van der Waals surface area contributed by atoms with Crippen LogP contribution < -0.4 is 10.2 Å². The third-order valence-corrected chi connectivity index (χ3v) is 5.72. The Balaban J connectivity index is 1.35. The highest BCUT2D eigenvalue weighted by atomic mass is 16.7. The second-order valence-corrected chi connectivity index (χ2v) is 8.18. The Morgan fingerprint density at radius 3 is 2.59 bits per heavy atom. The van der Waals surface area contributed by atoms with Gasteiger partial charge < -0.3 is 14.0 Å². The molecule has 1 saturated carbocycles. The highest BCUT2D eigenvalue weighted by molar-refractivity contribution is 6.62. The molecule has 4 rings (SSSR count). The van der Waals surface area contributed by atoms with Crippen LogP contribution in [-0.4, -0.2) is 39.2 Å². The SMILES string of the molecule is CC1(C)OB(c2cnn(C3CC(Oc4cccc(C#N)n4)C3)c2)OC1(C)C. The molecule has 0 amide bonds. The van der Waals surface area contributed by atoms with Gasteiger partial charge in [-0.25, -0.2) is 4.98 Å². The third kappa shape index (κ3) is 3.33. The summed E-state index contributed by atoms with van der Waals surface area (Å²) in [6.45, 7) is 8.17. The van der Waals surface area contributed by atoms with Gasteiger partial charge in [0.1, 0.15) is 17.9 Å². The van der Waals surface area contributed by atoms with Crippen LogP contribution in [-0.2, 0) is 9.31 Å². The fourth-order valence-electron chi connectivity index (χ4n) is 3.22. The van der Waals surface area contributed by atoms with Gasteiger partial charge in [-0.1, -0.05) is 6.07 Å². The van der Waals surface area contributed by atoms with Crippen molar-refractivity contribution in [2.24, 2.45) is 0 Å². The maximum Gasteiger partial charge on any atom is 0.498 e. The van der Waals surface area contributed by atoms with E-state index >= 15 is 0 Å². The minimum absolute atomic E-state index is 0.0842. The first kappa shape index (κ1) is 18.0. The number of nitrogens with zero attached hydrogens (tertiary/aromatic N) is 4. The number of ether oxygens (including phenoxy) is 1. The van der Waals surface area contributed by atoms with Gasteiger partial charge in [-0.15, -0.1) is 0 Å². The Kier molecular flexibility index (Phi) is 4.24. The molecule has 1 aliphatic carbocycles. The van der Waals surface area contributed by atoms with E-state index in [0.717, 1.165) is 18.3 Å². The van der Waals surface area contributed by atoms with Crippen LogP contribution in [0.1, 0.15) is 52.3 Å². The lowest BCUT2D eigenvalue weighted by atomic mass is 9.81. The number of aromatic nitrogens is 3. The van der Waals surface area contributed by atoms with E-state index in [0.29, 0.717) is 11.6 Å². The van der Waals surface area contributed by atoms with Crippen LogP contribution in [0.3, 0.4) is 0 Å². The molecular formula is C19H23BN4O3. The summed E-state index contributed by atoms with van der Waals surface area (Å²) in [6, 6.07) is 7.53. The fraction of sp³-hybridized carbons (Fsp3) is 0.526. The molecule has 27 heavy (non-hydrogen) atoms. The van der Waals surface area contributed by atoms with E-state index in [2.05, 4.69) is 10.1 Å². The molecule has 0 aromatic carbocycles. The van der Waals surface area contributed by atoms with Crippen molar-refractivity contribution in [2.75, 3.05) is 0 Å². The van der Waals surface area contributed by atoms with Crippen LogP contribution in [0, 0.1) is 11.3 Å². The van der Waals surface area contributed by atoms with E-state index in [1.165, 1.54) is 0 Å². The Bertz CT molecular complexity index is 867. The molecule has 7 nitrogen and oxygen atoms in total. The summed E-state index contributed by atoms with van der Waals surface area (Å²) in [6.07, 6.45) is 5.60. The quantitative estimate of drug-likeness (QED) is 0.772. The molecule has 140 valence electrons. The zero-order valence-corrected chi connectivity index (χ0v) is 16.0. The molecule has 0 spiro atoms. The van der Waals surface area contributed by atoms with Crippen LogP contribution in [0.4, 0.5) is 0 Å². The van der Waals surface area contributed by atoms with Crippen LogP contribution in [0.15, 0.2) is 30.6 Å².